The van der Waals surface area contributed by atoms with Crippen molar-refractivity contribution < 1.29 is 5.11 Å². The number of hydrogen-bond acceptors (Lipinski definition) is 2. The lowest BCUT2D eigenvalue weighted by Crippen LogP contribution is -2.20. The van der Waals surface area contributed by atoms with Gasteiger partial charge in [0.05, 0.1) is 0 Å². The van der Waals surface area contributed by atoms with Gasteiger partial charge in [-0.05, 0) is 43.6 Å². The molecule has 0 spiro atoms. The molecule has 2 heteroatoms. The van der Waals surface area contributed by atoms with Crippen LogP contribution in [0, 0.1) is 5.92 Å². The van der Waals surface area contributed by atoms with Crippen molar-refractivity contribution in [3.05, 3.63) is 29.8 Å². The molecule has 1 aromatic carbocycles. The molecule has 0 aliphatic carbocycles. The number of phenolic OH excluding ortho intramolecular Hbond substituents is 1. The van der Waals surface area contributed by atoms with E-state index in [2.05, 4.69) is 25.8 Å². The van der Waals surface area contributed by atoms with E-state index in [9.17, 15) is 0 Å². The molecule has 84 valence electrons. The fourth-order valence-corrected chi connectivity index (χ4v) is 1.47. The lowest BCUT2D eigenvalue weighted by Gasteiger charge is -2.17. The minimum absolute atomic E-state index is 0.337. The first-order chi connectivity index (χ1) is 7.08. The van der Waals surface area contributed by atoms with Crippen LogP contribution < -0.4 is 0 Å². The molecule has 0 atom stereocenters. The third-order valence-electron chi connectivity index (χ3n) is 2.48. The third kappa shape index (κ3) is 4.84. The highest BCUT2D eigenvalue weighted by Gasteiger charge is 2.01. The largest absolute Gasteiger partial charge is 0.508 e. The topological polar surface area (TPSA) is 23.5 Å². The first kappa shape index (κ1) is 12.1. The normalized spacial score (nSPS) is 11.3. The Labute approximate surface area is 92.5 Å². The van der Waals surface area contributed by atoms with Crippen LogP contribution in [0.5, 0.6) is 5.75 Å². The van der Waals surface area contributed by atoms with Gasteiger partial charge in [-0.1, -0.05) is 26.0 Å². The Morgan fingerprint density at radius 3 is 2.33 bits per heavy atom. The fraction of sp³-hybridized carbons (Fsp3) is 0.538. The van der Waals surface area contributed by atoms with Crippen LogP contribution in [0.1, 0.15) is 25.8 Å². The Bertz CT molecular complexity index is 279. The molecule has 0 bridgehead atoms. The van der Waals surface area contributed by atoms with Crippen molar-refractivity contribution >= 4 is 0 Å². The van der Waals surface area contributed by atoms with Crippen LogP contribution in [0.15, 0.2) is 24.3 Å². The highest BCUT2D eigenvalue weighted by Crippen LogP contribution is 2.11. The van der Waals surface area contributed by atoms with Crippen molar-refractivity contribution in [2.45, 2.75) is 26.8 Å². The molecule has 0 fully saturated rings. The first-order valence-corrected chi connectivity index (χ1v) is 5.54. The van der Waals surface area contributed by atoms with Crippen molar-refractivity contribution in [3.63, 3.8) is 0 Å². The van der Waals surface area contributed by atoms with Crippen LogP contribution in [0.2, 0.25) is 0 Å². The van der Waals surface area contributed by atoms with Crippen LogP contribution in [-0.2, 0) is 6.54 Å². The summed E-state index contributed by atoms with van der Waals surface area (Å²) in [5.74, 6) is 1.09. The van der Waals surface area contributed by atoms with E-state index >= 15 is 0 Å². The summed E-state index contributed by atoms with van der Waals surface area (Å²) in [6.45, 7) is 6.56. The molecule has 0 aromatic heterocycles. The highest BCUT2D eigenvalue weighted by molar-refractivity contribution is 5.25. The molecule has 0 amide bonds. The maximum Gasteiger partial charge on any atom is 0.115 e. The van der Waals surface area contributed by atoms with Gasteiger partial charge in [0, 0.05) is 6.54 Å². The molecule has 0 saturated heterocycles. The van der Waals surface area contributed by atoms with E-state index in [-0.39, 0.29) is 0 Å². The molecule has 0 heterocycles. The molecule has 0 radical (unpaired) electrons. The molecule has 1 rings (SSSR count). The van der Waals surface area contributed by atoms with E-state index < -0.39 is 0 Å². The number of nitrogens with zero attached hydrogens (tertiary/aromatic N) is 1. The van der Waals surface area contributed by atoms with Gasteiger partial charge >= 0.3 is 0 Å². The van der Waals surface area contributed by atoms with Gasteiger partial charge in [-0.3, -0.25) is 0 Å². The summed E-state index contributed by atoms with van der Waals surface area (Å²) in [7, 11) is 2.13. The van der Waals surface area contributed by atoms with E-state index in [4.69, 9.17) is 5.11 Å². The molecule has 0 saturated carbocycles. The van der Waals surface area contributed by atoms with E-state index in [1.807, 2.05) is 12.1 Å². The molecule has 15 heavy (non-hydrogen) atoms. The Morgan fingerprint density at radius 2 is 1.80 bits per heavy atom. The number of hydrogen-bond donors (Lipinski definition) is 1. The molecule has 0 aliphatic rings. The zero-order chi connectivity index (χ0) is 11.3. The lowest BCUT2D eigenvalue weighted by atomic mass is 10.1. The van der Waals surface area contributed by atoms with E-state index in [1.165, 1.54) is 12.0 Å². The van der Waals surface area contributed by atoms with Gasteiger partial charge in [0.1, 0.15) is 5.75 Å². The monoisotopic (exact) mass is 207 g/mol. The second-order valence-electron chi connectivity index (χ2n) is 4.59. The SMILES string of the molecule is CC(C)CCN(C)Cc1ccc(O)cc1. The average Bonchev–Trinajstić information content (AvgIpc) is 2.19. The molecular weight excluding hydrogens is 186 g/mol. The van der Waals surface area contributed by atoms with Crippen molar-refractivity contribution in [3.8, 4) is 5.75 Å². The Kier molecular flexibility index (Phi) is 4.63. The van der Waals surface area contributed by atoms with Crippen molar-refractivity contribution in [2.24, 2.45) is 5.92 Å². The molecule has 0 aliphatic heterocycles. The van der Waals surface area contributed by atoms with E-state index in [1.54, 1.807) is 12.1 Å². The van der Waals surface area contributed by atoms with Gasteiger partial charge in [0.25, 0.3) is 0 Å². The minimum atomic E-state index is 0.337. The van der Waals surface area contributed by atoms with Gasteiger partial charge in [-0.25, -0.2) is 0 Å². The average molecular weight is 207 g/mol. The fourth-order valence-electron chi connectivity index (χ4n) is 1.47. The minimum Gasteiger partial charge on any atom is -0.508 e. The summed E-state index contributed by atoms with van der Waals surface area (Å²) in [5.41, 5.74) is 1.25. The van der Waals surface area contributed by atoms with Crippen LogP contribution in [-0.4, -0.2) is 23.6 Å². The summed E-state index contributed by atoms with van der Waals surface area (Å²) >= 11 is 0. The standard InChI is InChI=1S/C13H21NO/c1-11(2)8-9-14(3)10-12-4-6-13(15)7-5-12/h4-7,11,15H,8-10H2,1-3H3. The van der Waals surface area contributed by atoms with Crippen LogP contribution in [0.25, 0.3) is 0 Å². The lowest BCUT2D eigenvalue weighted by molar-refractivity contribution is 0.303. The molecule has 1 N–H and O–H groups in total. The first-order valence-electron chi connectivity index (χ1n) is 5.54. The summed E-state index contributed by atoms with van der Waals surface area (Å²) in [6.07, 6.45) is 1.23. The number of rotatable bonds is 5. The predicted octanol–water partition coefficient (Wildman–Crippen LogP) is 2.87. The maximum atomic E-state index is 9.15. The van der Waals surface area contributed by atoms with Crippen molar-refractivity contribution in [1.82, 2.24) is 4.90 Å². The van der Waals surface area contributed by atoms with Crippen molar-refractivity contribution in [1.29, 1.82) is 0 Å². The van der Waals surface area contributed by atoms with Gasteiger partial charge in [-0.2, -0.15) is 0 Å². The zero-order valence-electron chi connectivity index (χ0n) is 9.90. The Hall–Kier alpha value is -1.02. The summed E-state index contributed by atoms with van der Waals surface area (Å²) < 4.78 is 0. The van der Waals surface area contributed by atoms with Gasteiger partial charge < -0.3 is 10.0 Å². The quantitative estimate of drug-likeness (QED) is 0.802. The summed E-state index contributed by atoms with van der Waals surface area (Å²) in [4.78, 5) is 2.31. The van der Waals surface area contributed by atoms with E-state index in [0.717, 1.165) is 19.0 Å². The predicted molar refractivity (Wildman–Crippen MR) is 63.9 cm³/mol. The number of aromatic hydroxyl groups is 1. The Morgan fingerprint density at radius 1 is 1.20 bits per heavy atom. The molecular formula is C13H21NO. The Balaban J connectivity index is 2.37. The van der Waals surface area contributed by atoms with Crippen molar-refractivity contribution in [2.75, 3.05) is 13.6 Å². The number of phenols is 1. The third-order valence-corrected chi connectivity index (χ3v) is 2.48. The summed E-state index contributed by atoms with van der Waals surface area (Å²) in [5, 5.41) is 9.15. The smallest absolute Gasteiger partial charge is 0.115 e. The van der Waals surface area contributed by atoms with Gasteiger partial charge in [-0.15, -0.1) is 0 Å². The second-order valence-corrected chi connectivity index (χ2v) is 4.59. The summed E-state index contributed by atoms with van der Waals surface area (Å²) in [6, 6.07) is 7.43. The van der Waals surface area contributed by atoms with Crippen LogP contribution >= 0.6 is 0 Å². The maximum absolute atomic E-state index is 9.15. The van der Waals surface area contributed by atoms with Gasteiger partial charge in [0.15, 0.2) is 0 Å². The zero-order valence-corrected chi connectivity index (χ0v) is 9.90. The molecule has 0 unspecified atom stereocenters. The second kappa shape index (κ2) is 5.76. The van der Waals surface area contributed by atoms with E-state index in [0.29, 0.717) is 5.75 Å². The molecule has 1 aromatic rings. The number of benzene rings is 1. The van der Waals surface area contributed by atoms with Crippen LogP contribution in [0.3, 0.4) is 0 Å². The highest BCUT2D eigenvalue weighted by atomic mass is 16.3. The van der Waals surface area contributed by atoms with Crippen LogP contribution in [0.4, 0.5) is 0 Å². The molecule has 2 nitrogen and oxygen atoms in total. The van der Waals surface area contributed by atoms with Gasteiger partial charge in [0.2, 0.25) is 0 Å².